The Morgan fingerprint density at radius 2 is 2.00 bits per heavy atom. The van der Waals surface area contributed by atoms with Gasteiger partial charge >= 0.3 is 5.97 Å². The molecule has 0 aliphatic carbocycles. The number of anilines is 1. The van der Waals surface area contributed by atoms with Crippen molar-refractivity contribution in [3.05, 3.63) is 23.4 Å². The number of piperidine rings is 2. The van der Waals surface area contributed by atoms with E-state index < -0.39 is 5.97 Å². The zero-order valence-electron chi connectivity index (χ0n) is 13.6. The van der Waals surface area contributed by atoms with E-state index in [9.17, 15) is 14.4 Å². The summed E-state index contributed by atoms with van der Waals surface area (Å²) in [5.74, 6) is -0.978. The lowest BCUT2D eigenvalue weighted by Crippen LogP contribution is -2.39. The van der Waals surface area contributed by atoms with Crippen LogP contribution in [0.15, 0.2) is 12.3 Å². The lowest BCUT2D eigenvalue weighted by molar-refractivity contribution is -0.142. The molecule has 7 heteroatoms. The molecule has 2 aliphatic heterocycles. The molecule has 1 aromatic heterocycles. The molecule has 2 amide bonds. The lowest BCUT2D eigenvalue weighted by Gasteiger charge is -2.32. The van der Waals surface area contributed by atoms with Crippen LogP contribution in [0.1, 0.15) is 42.7 Å². The van der Waals surface area contributed by atoms with Gasteiger partial charge in [-0.1, -0.05) is 6.07 Å². The second kappa shape index (κ2) is 6.59. The molecule has 0 radical (unpaired) electrons. The van der Waals surface area contributed by atoms with E-state index in [0.717, 1.165) is 16.9 Å². The van der Waals surface area contributed by atoms with Crippen molar-refractivity contribution in [2.75, 3.05) is 18.0 Å². The summed E-state index contributed by atoms with van der Waals surface area (Å²) in [6.07, 6.45) is 3.79. The first kappa shape index (κ1) is 16.4. The van der Waals surface area contributed by atoms with Crippen molar-refractivity contribution in [2.45, 2.75) is 38.5 Å². The standard InChI is InChI=1S/C17H21N3O4/c1-10-8-12(13-2-3-14(21)19-16(13)22)9-18-15(10)20-6-4-11(5-7-20)17(23)24/h8-9,11,13H,2-7H2,1H3,(H,23,24)(H,19,21,22). The topological polar surface area (TPSA) is 99.6 Å². The van der Waals surface area contributed by atoms with E-state index in [2.05, 4.69) is 15.2 Å². The summed E-state index contributed by atoms with van der Waals surface area (Å²) >= 11 is 0. The summed E-state index contributed by atoms with van der Waals surface area (Å²) in [5.41, 5.74) is 1.78. The Bertz CT molecular complexity index is 680. The Balaban J connectivity index is 1.73. The summed E-state index contributed by atoms with van der Waals surface area (Å²) in [6.45, 7) is 3.28. The number of aliphatic carboxylic acids is 1. The zero-order chi connectivity index (χ0) is 17.3. The highest BCUT2D eigenvalue weighted by molar-refractivity contribution is 6.00. The van der Waals surface area contributed by atoms with Crippen LogP contribution in [0.5, 0.6) is 0 Å². The van der Waals surface area contributed by atoms with Crippen molar-refractivity contribution in [3.63, 3.8) is 0 Å². The quantitative estimate of drug-likeness (QED) is 0.808. The molecule has 0 saturated carbocycles. The SMILES string of the molecule is Cc1cc(C2CCC(=O)NC2=O)cnc1N1CCC(C(=O)O)CC1. The number of rotatable bonds is 3. The fourth-order valence-corrected chi connectivity index (χ4v) is 3.46. The minimum atomic E-state index is -0.729. The van der Waals surface area contributed by atoms with Gasteiger partial charge in [-0.25, -0.2) is 4.98 Å². The molecule has 1 aromatic rings. The lowest BCUT2D eigenvalue weighted by atomic mass is 9.90. The molecule has 2 aliphatic rings. The van der Waals surface area contributed by atoms with E-state index in [4.69, 9.17) is 5.11 Å². The number of hydrogen-bond acceptors (Lipinski definition) is 5. The van der Waals surface area contributed by atoms with Gasteiger partial charge in [0.25, 0.3) is 0 Å². The average molecular weight is 331 g/mol. The van der Waals surface area contributed by atoms with Crippen LogP contribution in [0.25, 0.3) is 0 Å². The highest BCUT2D eigenvalue weighted by atomic mass is 16.4. The Hall–Kier alpha value is -2.44. The maximum Gasteiger partial charge on any atom is 0.306 e. The molecule has 24 heavy (non-hydrogen) atoms. The van der Waals surface area contributed by atoms with Gasteiger partial charge in [0.1, 0.15) is 5.82 Å². The summed E-state index contributed by atoms with van der Waals surface area (Å²) in [7, 11) is 0. The Morgan fingerprint density at radius 1 is 1.29 bits per heavy atom. The number of carboxylic acid groups (broad SMARTS) is 1. The van der Waals surface area contributed by atoms with E-state index in [1.54, 1.807) is 6.20 Å². The van der Waals surface area contributed by atoms with E-state index in [-0.39, 0.29) is 23.7 Å². The van der Waals surface area contributed by atoms with Gasteiger partial charge in [0.2, 0.25) is 11.8 Å². The van der Waals surface area contributed by atoms with E-state index in [0.29, 0.717) is 38.8 Å². The largest absolute Gasteiger partial charge is 0.481 e. The van der Waals surface area contributed by atoms with Crippen molar-refractivity contribution >= 4 is 23.6 Å². The number of nitrogens with one attached hydrogen (secondary N) is 1. The van der Waals surface area contributed by atoms with Crippen molar-refractivity contribution < 1.29 is 19.5 Å². The molecule has 3 heterocycles. The van der Waals surface area contributed by atoms with Gasteiger partial charge in [0.15, 0.2) is 0 Å². The van der Waals surface area contributed by atoms with Crippen molar-refractivity contribution in [1.29, 1.82) is 0 Å². The van der Waals surface area contributed by atoms with Gasteiger partial charge in [-0.15, -0.1) is 0 Å². The third-order valence-electron chi connectivity index (χ3n) is 4.86. The normalized spacial score (nSPS) is 22.4. The predicted octanol–water partition coefficient (Wildman–Crippen LogP) is 1.21. The minimum absolute atomic E-state index is 0.223. The van der Waals surface area contributed by atoms with Gasteiger partial charge in [-0.3, -0.25) is 19.7 Å². The first-order valence-electron chi connectivity index (χ1n) is 8.23. The zero-order valence-corrected chi connectivity index (χ0v) is 13.6. The molecule has 3 rings (SSSR count). The third-order valence-corrected chi connectivity index (χ3v) is 4.86. The summed E-state index contributed by atoms with van der Waals surface area (Å²) in [4.78, 5) is 40.9. The fraction of sp³-hybridized carbons (Fsp3) is 0.529. The number of pyridine rings is 1. The summed E-state index contributed by atoms with van der Waals surface area (Å²) in [5, 5.41) is 11.4. The molecular formula is C17H21N3O4. The molecular weight excluding hydrogens is 310 g/mol. The van der Waals surface area contributed by atoms with Crippen LogP contribution in [0.4, 0.5) is 5.82 Å². The van der Waals surface area contributed by atoms with Crippen LogP contribution in [0.3, 0.4) is 0 Å². The minimum Gasteiger partial charge on any atom is -0.481 e. The van der Waals surface area contributed by atoms with Gasteiger partial charge in [-0.2, -0.15) is 0 Å². The molecule has 1 unspecified atom stereocenters. The molecule has 128 valence electrons. The van der Waals surface area contributed by atoms with Gasteiger partial charge in [0, 0.05) is 25.7 Å². The number of carboxylic acids is 1. The van der Waals surface area contributed by atoms with Gasteiger partial charge in [0.05, 0.1) is 11.8 Å². The van der Waals surface area contributed by atoms with Crippen molar-refractivity contribution in [1.82, 2.24) is 10.3 Å². The number of nitrogens with zero attached hydrogens (tertiary/aromatic N) is 2. The average Bonchev–Trinajstić information content (AvgIpc) is 2.55. The number of carbonyl (C=O) groups is 3. The Labute approximate surface area is 140 Å². The molecule has 1 atom stereocenters. The number of amides is 2. The third kappa shape index (κ3) is 3.25. The highest BCUT2D eigenvalue weighted by Crippen LogP contribution is 2.29. The maximum absolute atomic E-state index is 12.0. The second-order valence-electron chi connectivity index (χ2n) is 6.51. The Morgan fingerprint density at radius 3 is 2.58 bits per heavy atom. The molecule has 0 aromatic carbocycles. The first-order valence-corrected chi connectivity index (χ1v) is 8.23. The van der Waals surface area contributed by atoms with Crippen LogP contribution in [0.2, 0.25) is 0 Å². The first-order chi connectivity index (χ1) is 11.5. The van der Waals surface area contributed by atoms with E-state index in [1.165, 1.54) is 0 Å². The highest BCUT2D eigenvalue weighted by Gasteiger charge is 2.29. The summed E-state index contributed by atoms with van der Waals surface area (Å²) in [6, 6.07) is 1.95. The number of hydrogen-bond donors (Lipinski definition) is 2. The molecule has 0 bridgehead atoms. The number of aromatic nitrogens is 1. The molecule has 2 saturated heterocycles. The molecule has 7 nitrogen and oxygen atoms in total. The molecule has 2 fully saturated rings. The van der Waals surface area contributed by atoms with E-state index >= 15 is 0 Å². The van der Waals surface area contributed by atoms with Gasteiger partial charge < -0.3 is 10.0 Å². The fourth-order valence-electron chi connectivity index (χ4n) is 3.46. The molecule has 0 spiro atoms. The van der Waals surface area contributed by atoms with Crippen LogP contribution in [0, 0.1) is 12.8 Å². The summed E-state index contributed by atoms with van der Waals surface area (Å²) < 4.78 is 0. The van der Waals surface area contributed by atoms with Crippen molar-refractivity contribution in [2.24, 2.45) is 5.92 Å². The van der Waals surface area contributed by atoms with Crippen molar-refractivity contribution in [3.8, 4) is 0 Å². The number of carbonyl (C=O) groups excluding carboxylic acids is 2. The Kier molecular flexibility index (Phi) is 4.51. The van der Waals surface area contributed by atoms with Gasteiger partial charge in [-0.05, 0) is 37.3 Å². The van der Waals surface area contributed by atoms with Crippen LogP contribution < -0.4 is 10.2 Å². The monoisotopic (exact) mass is 331 g/mol. The number of aryl methyl sites for hydroxylation is 1. The molecule has 2 N–H and O–H groups in total. The predicted molar refractivity (Wildman–Crippen MR) is 86.7 cm³/mol. The van der Waals surface area contributed by atoms with E-state index in [1.807, 2.05) is 13.0 Å². The van der Waals surface area contributed by atoms with Crippen LogP contribution >= 0.6 is 0 Å². The van der Waals surface area contributed by atoms with Crippen LogP contribution in [-0.2, 0) is 14.4 Å². The van der Waals surface area contributed by atoms with Crippen LogP contribution in [-0.4, -0.2) is 41.0 Å². The number of imide groups is 1. The second-order valence-corrected chi connectivity index (χ2v) is 6.51. The smallest absolute Gasteiger partial charge is 0.306 e. The maximum atomic E-state index is 12.0.